The molecule has 0 spiro atoms. The largest absolute Gasteiger partial charge is 0.493 e. The molecular formula is C30H34F4O8P2+2. The highest BCUT2D eigenvalue weighted by Gasteiger charge is 2.71. The summed E-state index contributed by atoms with van der Waals surface area (Å²) in [4.78, 5) is 22.5. The molecule has 2 heterocycles. The van der Waals surface area contributed by atoms with Gasteiger partial charge < -0.3 is 9.47 Å². The number of hydrogen-bond donors (Lipinski definition) is 2. The van der Waals surface area contributed by atoms with Gasteiger partial charge in [-0.25, -0.2) is 4.39 Å². The summed E-state index contributed by atoms with van der Waals surface area (Å²) in [6.45, 7) is 1.56. The molecule has 0 radical (unpaired) electrons. The van der Waals surface area contributed by atoms with E-state index in [9.17, 15) is 27.3 Å². The van der Waals surface area contributed by atoms with Gasteiger partial charge in [0.15, 0.2) is 11.6 Å². The average molecular weight is 661 g/mol. The summed E-state index contributed by atoms with van der Waals surface area (Å²) in [5.74, 6) is 0.0119. The summed E-state index contributed by atoms with van der Waals surface area (Å²) in [6.07, 6.45) is -2.66. The van der Waals surface area contributed by atoms with E-state index in [0.717, 1.165) is 17.7 Å². The maximum absolute atomic E-state index is 14.6. The van der Waals surface area contributed by atoms with E-state index in [4.69, 9.17) is 27.6 Å². The van der Waals surface area contributed by atoms with Crippen LogP contribution in [0, 0.1) is 5.82 Å². The minimum absolute atomic E-state index is 0.00810. The third-order valence-corrected chi connectivity index (χ3v) is 12.9. The maximum atomic E-state index is 14.6. The van der Waals surface area contributed by atoms with Gasteiger partial charge in [0, 0.05) is 19.3 Å². The molecule has 3 aromatic carbocycles. The second-order valence-electron chi connectivity index (χ2n) is 10.3. The van der Waals surface area contributed by atoms with E-state index < -0.39 is 38.8 Å². The molecule has 2 aliphatic heterocycles. The third kappa shape index (κ3) is 8.24. The van der Waals surface area contributed by atoms with Crippen LogP contribution in [0.3, 0.4) is 0 Å². The van der Waals surface area contributed by atoms with Gasteiger partial charge in [-0.05, 0) is 53.1 Å². The Balaban J connectivity index is 1.14. The van der Waals surface area contributed by atoms with Crippen LogP contribution < -0.4 is 9.47 Å². The molecular weight excluding hydrogens is 626 g/mol. The fourth-order valence-corrected chi connectivity index (χ4v) is 10.3. The van der Waals surface area contributed by atoms with Crippen molar-refractivity contribution in [3.8, 4) is 22.6 Å². The summed E-state index contributed by atoms with van der Waals surface area (Å²) in [7, 11) is -7.06. The van der Waals surface area contributed by atoms with Crippen molar-refractivity contribution in [1.29, 1.82) is 0 Å². The molecule has 0 atom stereocenters. The molecule has 3 aromatic rings. The first-order valence-corrected chi connectivity index (χ1v) is 17.5. The highest BCUT2D eigenvalue weighted by atomic mass is 31.3. The number of halogens is 4. The van der Waals surface area contributed by atoms with Crippen LogP contribution in [-0.2, 0) is 30.7 Å². The lowest BCUT2D eigenvalue weighted by atomic mass is 10.0. The maximum Gasteiger partial charge on any atom is 0.460 e. The van der Waals surface area contributed by atoms with Gasteiger partial charge in [-0.15, -0.1) is 0 Å². The van der Waals surface area contributed by atoms with E-state index in [-0.39, 0.29) is 51.8 Å². The summed E-state index contributed by atoms with van der Waals surface area (Å²) < 4.78 is 87.0. The van der Waals surface area contributed by atoms with Crippen LogP contribution in [0.5, 0.6) is 11.5 Å². The van der Waals surface area contributed by atoms with Crippen LogP contribution in [0.4, 0.5) is 17.6 Å². The Morgan fingerprint density at radius 1 is 0.727 bits per heavy atom. The minimum Gasteiger partial charge on any atom is -0.493 e. The predicted molar refractivity (Wildman–Crippen MR) is 158 cm³/mol. The Labute approximate surface area is 254 Å². The third-order valence-electron chi connectivity index (χ3n) is 7.06. The smallest absolute Gasteiger partial charge is 0.460 e. The molecule has 2 saturated heterocycles. The molecule has 2 aliphatic rings. The number of ether oxygens (including phenoxy) is 2. The van der Waals surface area contributed by atoms with Crippen LogP contribution in [0.1, 0.15) is 30.4 Å². The van der Waals surface area contributed by atoms with Crippen LogP contribution in [0.15, 0.2) is 66.7 Å². The summed E-state index contributed by atoms with van der Waals surface area (Å²) in [6, 6.07) is 16.2. The van der Waals surface area contributed by atoms with Crippen molar-refractivity contribution in [2.24, 2.45) is 0 Å². The van der Waals surface area contributed by atoms with Crippen molar-refractivity contribution < 1.29 is 54.9 Å². The van der Waals surface area contributed by atoms with Crippen LogP contribution in [-0.4, -0.2) is 54.8 Å². The fraction of sp³-hybridized carbons (Fsp3) is 0.400. The Hall–Kier alpha value is -2.40. The molecule has 0 saturated carbocycles. The van der Waals surface area contributed by atoms with Crippen molar-refractivity contribution in [1.82, 2.24) is 0 Å². The lowest BCUT2D eigenvalue weighted by molar-refractivity contribution is -0.137. The van der Waals surface area contributed by atoms with E-state index in [0.29, 0.717) is 36.1 Å². The molecule has 0 bridgehead atoms. The van der Waals surface area contributed by atoms with Gasteiger partial charge >= 0.3 is 27.5 Å². The van der Waals surface area contributed by atoms with Crippen LogP contribution >= 0.6 is 15.9 Å². The number of alkyl halides is 3. The van der Waals surface area contributed by atoms with E-state index >= 15 is 0 Å². The van der Waals surface area contributed by atoms with E-state index in [1.54, 1.807) is 30.3 Å². The van der Waals surface area contributed by atoms with E-state index in [1.807, 2.05) is 0 Å². The van der Waals surface area contributed by atoms with Gasteiger partial charge in [0.2, 0.25) is 0 Å². The van der Waals surface area contributed by atoms with Gasteiger partial charge in [-0.2, -0.15) is 41.1 Å². The summed E-state index contributed by atoms with van der Waals surface area (Å²) in [5, 5.41) is -0.979. The SMILES string of the molecule is O[P+]1(C(Cc2ccc(F)c(OCCCOc3ccc(-c4ccc(C(F)(F)F)cc4)cc3)c2)[P+]2(O)OCCCO2)OCCCO1. The molecule has 5 rings (SSSR count). The van der Waals surface area contributed by atoms with Crippen molar-refractivity contribution in [2.75, 3.05) is 39.6 Å². The molecule has 238 valence electrons. The Bertz CT molecular complexity index is 1340. The quantitative estimate of drug-likeness (QED) is 0.123. The van der Waals surface area contributed by atoms with E-state index in [2.05, 4.69) is 0 Å². The zero-order valence-corrected chi connectivity index (χ0v) is 25.5. The number of benzene rings is 3. The van der Waals surface area contributed by atoms with Crippen molar-refractivity contribution in [3.05, 3.63) is 83.7 Å². The molecule has 0 unspecified atom stereocenters. The Morgan fingerprint density at radius 2 is 1.25 bits per heavy atom. The standard InChI is InChI=1S/C30H34F4O8P2/c31-27-13-4-22(21-29(43(35)39-16-2-17-40-43)44(36)41-18-3-19-42-44)20-28(27)38-15-1-14-37-26-11-7-24(8-12-26)23-5-9-25(10-6-23)30(32,33)34/h4-13,20,29,35-36H,1-3,14-19,21H2/q+2. The molecule has 2 fully saturated rings. The van der Waals surface area contributed by atoms with E-state index in [1.165, 1.54) is 24.3 Å². The summed E-state index contributed by atoms with van der Waals surface area (Å²) >= 11 is 0. The van der Waals surface area contributed by atoms with Crippen molar-refractivity contribution >= 4 is 15.9 Å². The average Bonchev–Trinajstić information content (AvgIpc) is 3.01. The first-order chi connectivity index (χ1) is 21.1. The van der Waals surface area contributed by atoms with Gasteiger partial charge in [-0.1, -0.05) is 30.3 Å². The fourth-order valence-electron chi connectivity index (χ4n) is 4.76. The first-order valence-electron chi connectivity index (χ1n) is 14.2. The molecule has 0 aromatic heterocycles. The Morgan fingerprint density at radius 3 is 1.80 bits per heavy atom. The molecule has 0 aliphatic carbocycles. The highest BCUT2D eigenvalue weighted by molar-refractivity contribution is 7.79. The molecule has 0 amide bonds. The zero-order chi connectivity index (χ0) is 31.2. The van der Waals surface area contributed by atoms with Gasteiger partial charge in [0.05, 0.1) is 51.6 Å². The molecule has 2 N–H and O–H groups in total. The molecule has 14 heteroatoms. The lowest BCUT2D eigenvalue weighted by Gasteiger charge is -2.31. The van der Waals surface area contributed by atoms with Gasteiger partial charge in [0.1, 0.15) is 5.75 Å². The van der Waals surface area contributed by atoms with Gasteiger partial charge in [0.25, 0.3) is 0 Å². The normalized spacial score (nSPS) is 18.2. The number of rotatable bonds is 11. The van der Waals surface area contributed by atoms with Gasteiger partial charge in [-0.3, -0.25) is 0 Å². The van der Waals surface area contributed by atoms with Crippen molar-refractivity contribution in [3.63, 3.8) is 0 Å². The summed E-state index contributed by atoms with van der Waals surface area (Å²) in [5.41, 5.74) is 1.27. The first kappa shape index (κ1) is 33.0. The highest BCUT2D eigenvalue weighted by Crippen LogP contribution is 2.80. The lowest BCUT2D eigenvalue weighted by Crippen LogP contribution is -2.31. The molecule has 44 heavy (non-hydrogen) atoms. The minimum atomic E-state index is -4.38. The predicted octanol–water partition coefficient (Wildman–Crippen LogP) is 7.61. The monoisotopic (exact) mass is 660 g/mol. The second-order valence-corrected chi connectivity index (χ2v) is 15.2. The van der Waals surface area contributed by atoms with Crippen LogP contribution in [0.25, 0.3) is 11.1 Å². The Kier molecular flexibility index (Phi) is 10.8. The molecule has 8 nitrogen and oxygen atoms in total. The van der Waals surface area contributed by atoms with Crippen molar-refractivity contribution in [2.45, 2.75) is 37.3 Å². The topological polar surface area (TPSA) is 95.8 Å². The number of hydrogen-bond acceptors (Lipinski definition) is 8. The zero-order valence-electron chi connectivity index (χ0n) is 23.7. The van der Waals surface area contributed by atoms with Crippen LogP contribution in [0.2, 0.25) is 0 Å². The second kappa shape index (κ2) is 14.4.